The highest BCUT2D eigenvalue weighted by molar-refractivity contribution is 5.88. The van der Waals surface area contributed by atoms with Crippen molar-refractivity contribution in [2.75, 3.05) is 7.11 Å². The van der Waals surface area contributed by atoms with Crippen LogP contribution < -0.4 is 0 Å². The molecule has 0 rings (SSSR count). The van der Waals surface area contributed by atoms with Crippen molar-refractivity contribution in [2.24, 2.45) is 5.41 Å². The molecule has 0 saturated carbocycles. The lowest BCUT2D eigenvalue weighted by Gasteiger charge is -2.20. The smallest absolute Gasteiger partial charge is 0.326 e. The zero-order valence-electron chi connectivity index (χ0n) is 8.37. The zero-order valence-corrected chi connectivity index (χ0v) is 8.37. The Hall–Kier alpha value is -1.63. The van der Waals surface area contributed by atoms with Crippen LogP contribution in [0.1, 0.15) is 19.8 Å². The van der Waals surface area contributed by atoms with Crippen LogP contribution in [0.15, 0.2) is 12.7 Å². The molecule has 0 unspecified atom stereocenters. The molecule has 0 aromatic rings. The minimum atomic E-state index is -1.40. The van der Waals surface area contributed by atoms with Gasteiger partial charge in [-0.3, -0.25) is 9.59 Å². The van der Waals surface area contributed by atoms with Crippen LogP contribution in [0.25, 0.3) is 0 Å². The number of Topliss-reactive ketones (excluding diaryl/α,β-unsaturated/α-hetero) is 1. The Morgan fingerprint density at radius 1 is 1.64 bits per heavy atom. The summed E-state index contributed by atoms with van der Waals surface area (Å²) in [7, 11) is 1.19. The number of methoxy groups -OCH3 is 1. The molecular formula is C10H13NO3. The number of carbonyl (C=O) groups excluding carboxylic acids is 2. The van der Waals surface area contributed by atoms with Crippen LogP contribution in [0.3, 0.4) is 0 Å². The van der Waals surface area contributed by atoms with Crippen molar-refractivity contribution >= 4 is 11.8 Å². The fraction of sp³-hybridized carbons (Fsp3) is 0.500. The van der Waals surface area contributed by atoms with Gasteiger partial charge in [-0.15, -0.1) is 6.58 Å². The van der Waals surface area contributed by atoms with E-state index in [1.54, 1.807) is 0 Å². The first-order valence-corrected chi connectivity index (χ1v) is 4.12. The molecule has 0 spiro atoms. The number of nitrogens with zero attached hydrogens (tertiary/aromatic N) is 1. The van der Waals surface area contributed by atoms with E-state index in [1.165, 1.54) is 20.1 Å². The van der Waals surface area contributed by atoms with Crippen molar-refractivity contribution in [1.82, 2.24) is 0 Å². The van der Waals surface area contributed by atoms with E-state index >= 15 is 0 Å². The van der Waals surface area contributed by atoms with Gasteiger partial charge < -0.3 is 4.74 Å². The molecule has 4 nitrogen and oxygen atoms in total. The average molecular weight is 195 g/mol. The van der Waals surface area contributed by atoms with Crippen molar-refractivity contribution in [1.29, 1.82) is 5.26 Å². The number of esters is 1. The van der Waals surface area contributed by atoms with E-state index in [-0.39, 0.29) is 18.6 Å². The summed E-state index contributed by atoms with van der Waals surface area (Å²) in [6.07, 6.45) is 1.42. The van der Waals surface area contributed by atoms with Crippen LogP contribution in [0, 0.1) is 16.7 Å². The van der Waals surface area contributed by atoms with Crippen molar-refractivity contribution in [3.8, 4) is 6.07 Å². The average Bonchev–Trinajstić information content (AvgIpc) is 2.15. The van der Waals surface area contributed by atoms with E-state index in [2.05, 4.69) is 11.3 Å². The van der Waals surface area contributed by atoms with E-state index in [9.17, 15) is 9.59 Å². The Balaban J connectivity index is 4.98. The minimum absolute atomic E-state index is 0.121. The third kappa shape index (κ3) is 2.70. The molecule has 0 aliphatic carbocycles. The maximum absolute atomic E-state index is 11.3. The normalized spacial score (nSPS) is 13.5. The summed E-state index contributed by atoms with van der Waals surface area (Å²) in [6.45, 7) is 4.78. The van der Waals surface area contributed by atoms with Gasteiger partial charge in [0.15, 0.2) is 5.41 Å². The Morgan fingerprint density at radius 3 is 2.50 bits per heavy atom. The van der Waals surface area contributed by atoms with Gasteiger partial charge in [-0.05, 0) is 13.3 Å². The summed E-state index contributed by atoms with van der Waals surface area (Å²) in [6, 6.07) is 1.83. The highest BCUT2D eigenvalue weighted by Gasteiger charge is 2.40. The first-order valence-electron chi connectivity index (χ1n) is 4.12. The van der Waals surface area contributed by atoms with Crippen LogP contribution in [-0.2, 0) is 14.3 Å². The van der Waals surface area contributed by atoms with Crippen LogP contribution in [0.5, 0.6) is 0 Å². The zero-order chi connectivity index (χ0) is 11.2. The Bertz CT molecular complexity index is 290. The van der Waals surface area contributed by atoms with E-state index in [4.69, 9.17) is 5.26 Å². The Kier molecular flexibility index (Phi) is 4.57. The van der Waals surface area contributed by atoms with Gasteiger partial charge in [-0.25, -0.2) is 0 Å². The fourth-order valence-electron chi connectivity index (χ4n) is 1.23. The SMILES string of the molecule is C=CC[C@@](C#N)(CC(C)=O)C(=O)OC. The third-order valence-electron chi connectivity index (χ3n) is 1.83. The number of hydrogen-bond acceptors (Lipinski definition) is 4. The Labute approximate surface area is 83.2 Å². The number of rotatable bonds is 5. The number of hydrogen-bond donors (Lipinski definition) is 0. The molecule has 14 heavy (non-hydrogen) atoms. The molecule has 76 valence electrons. The molecule has 0 heterocycles. The largest absolute Gasteiger partial charge is 0.468 e. The predicted molar refractivity (Wildman–Crippen MR) is 50.2 cm³/mol. The highest BCUT2D eigenvalue weighted by Crippen LogP contribution is 2.28. The van der Waals surface area contributed by atoms with E-state index in [1.807, 2.05) is 6.07 Å². The molecule has 0 aromatic heterocycles. The highest BCUT2D eigenvalue weighted by atomic mass is 16.5. The number of allylic oxidation sites excluding steroid dienone is 1. The topological polar surface area (TPSA) is 67.2 Å². The lowest BCUT2D eigenvalue weighted by molar-refractivity contribution is -0.151. The van der Waals surface area contributed by atoms with Crippen LogP contribution in [0.4, 0.5) is 0 Å². The van der Waals surface area contributed by atoms with Crippen molar-refractivity contribution in [3.63, 3.8) is 0 Å². The molecule has 0 aromatic carbocycles. The summed E-state index contributed by atoms with van der Waals surface area (Å²) in [5, 5.41) is 8.91. The van der Waals surface area contributed by atoms with Gasteiger partial charge >= 0.3 is 5.97 Å². The van der Waals surface area contributed by atoms with Gasteiger partial charge in [-0.1, -0.05) is 6.08 Å². The first kappa shape index (κ1) is 12.4. The molecule has 1 atom stereocenters. The summed E-state index contributed by atoms with van der Waals surface area (Å²) < 4.78 is 4.50. The van der Waals surface area contributed by atoms with E-state index < -0.39 is 11.4 Å². The van der Waals surface area contributed by atoms with Crippen molar-refractivity contribution in [3.05, 3.63) is 12.7 Å². The van der Waals surface area contributed by atoms with Crippen molar-refractivity contribution < 1.29 is 14.3 Å². The quantitative estimate of drug-likeness (QED) is 0.488. The molecule has 4 heteroatoms. The van der Waals surface area contributed by atoms with Gasteiger partial charge in [-0.2, -0.15) is 5.26 Å². The minimum Gasteiger partial charge on any atom is -0.468 e. The standard InChI is InChI=1S/C10H13NO3/c1-4-5-10(7-11,6-8(2)12)9(13)14-3/h4H,1,5-6H2,2-3H3/t10-/m0/s1. The third-order valence-corrected chi connectivity index (χ3v) is 1.83. The fourth-order valence-corrected chi connectivity index (χ4v) is 1.23. The molecule has 0 amide bonds. The molecule has 0 bridgehead atoms. The van der Waals surface area contributed by atoms with Gasteiger partial charge in [0.2, 0.25) is 0 Å². The van der Waals surface area contributed by atoms with Crippen LogP contribution >= 0.6 is 0 Å². The Morgan fingerprint density at radius 2 is 2.21 bits per heavy atom. The van der Waals surface area contributed by atoms with Gasteiger partial charge in [0.1, 0.15) is 5.78 Å². The second-order valence-electron chi connectivity index (χ2n) is 3.06. The van der Waals surface area contributed by atoms with E-state index in [0.29, 0.717) is 0 Å². The summed E-state index contributed by atoms with van der Waals surface area (Å²) in [5.74, 6) is -0.908. The molecule has 0 fully saturated rings. The van der Waals surface area contributed by atoms with Crippen molar-refractivity contribution in [2.45, 2.75) is 19.8 Å². The van der Waals surface area contributed by atoms with Crippen LogP contribution in [0.2, 0.25) is 0 Å². The lowest BCUT2D eigenvalue weighted by Crippen LogP contribution is -2.32. The van der Waals surface area contributed by atoms with Gasteiger partial charge in [0.05, 0.1) is 13.2 Å². The first-order chi connectivity index (χ1) is 6.52. The van der Waals surface area contributed by atoms with E-state index in [0.717, 1.165) is 0 Å². The molecule has 0 aliphatic rings. The summed E-state index contributed by atoms with van der Waals surface area (Å²) in [5.41, 5.74) is -1.40. The molecule has 0 radical (unpaired) electrons. The van der Waals surface area contributed by atoms with Crippen LogP contribution in [-0.4, -0.2) is 18.9 Å². The number of ketones is 1. The second-order valence-corrected chi connectivity index (χ2v) is 3.06. The van der Waals surface area contributed by atoms with Gasteiger partial charge in [0, 0.05) is 6.42 Å². The number of ether oxygens (including phenoxy) is 1. The molecular weight excluding hydrogens is 182 g/mol. The predicted octanol–water partition coefficient (Wildman–Crippen LogP) is 1.22. The maximum atomic E-state index is 11.3. The molecule has 0 N–H and O–H groups in total. The maximum Gasteiger partial charge on any atom is 0.326 e. The monoisotopic (exact) mass is 195 g/mol. The number of carbonyl (C=O) groups is 2. The lowest BCUT2D eigenvalue weighted by atomic mass is 9.81. The summed E-state index contributed by atoms with van der Waals surface area (Å²) in [4.78, 5) is 22.3. The second kappa shape index (κ2) is 5.18. The summed E-state index contributed by atoms with van der Waals surface area (Å²) >= 11 is 0. The molecule has 0 aliphatic heterocycles. The molecule has 0 saturated heterocycles. The number of nitriles is 1. The van der Waals surface area contributed by atoms with Gasteiger partial charge in [0.25, 0.3) is 0 Å².